The molecule has 1 fully saturated rings. The predicted octanol–water partition coefficient (Wildman–Crippen LogP) is 1.74. The molecule has 1 aromatic carbocycles. The van der Waals surface area contributed by atoms with Crippen molar-refractivity contribution in [3.8, 4) is 0 Å². The molecule has 0 radical (unpaired) electrons. The van der Waals surface area contributed by atoms with Crippen molar-refractivity contribution in [3.05, 3.63) is 33.8 Å². The monoisotopic (exact) mass is 284 g/mol. The van der Waals surface area contributed by atoms with Crippen molar-refractivity contribution in [2.75, 3.05) is 26.3 Å². The Balaban J connectivity index is 2.03. The molecule has 3 nitrogen and oxygen atoms in total. The summed E-state index contributed by atoms with van der Waals surface area (Å²) in [5.74, 6) is 0. The van der Waals surface area contributed by atoms with E-state index in [1.807, 2.05) is 0 Å². The third-order valence-electron chi connectivity index (χ3n) is 2.85. The van der Waals surface area contributed by atoms with E-state index in [-0.39, 0.29) is 0 Å². The van der Waals surface area contributed by atoms with Crippen LogP contribution in [0.3, 0.4) is 0 Å². The van der Waals surface area contributed by atoms with E-state index in [4.69, 9.17) is 10.5 Å². The average molecular weight is 285 g/mol. The van der Waals surface area contributed by atoms with Crippen LogP contribution >= 0.6 is 15.9 Å². The molecule has 0 aliphatic carbocycles. The van der Waals surface area contributed by atoms with E-state index in [1.54, 1.807) is 0 Å². The Morgan fingerprint density at radius 3 is 2.69 bits per heavy atom. The van der Waals surface area contributed by atoms with Crippen LogP contribution in [0, 0.1) is 0 Å². The van der Waals surface area contributed by atoms with Gasteiger partial charge in [-0.05, 0) is 17.2 Å². The van der Waals surface area contributed by atoms with Crippen LogP contribution in [-0.2, 0) is 17.8 Å². The number of morpholine rings is 1. The van der Waals surface area contributed by atoms with E-state index in [1.165, 1.54) is 5.56 Å². The summed E-state index contributed by atoms with van der Waals surface area (Å²) in [5.41, 5.74) is 8.09. The van der Waals surface area contributed by atoms with Gasteiger partial charge in [-0.1, -0.05) is 28.1 Å². The Bertz CT molecular complexity index is 351. The highest BCUT2D eigenvalue weighted by atomic mass is 79.9. The van der Waals surface area contributed by atoms with Gasteiger partial charge in [-0.25, -0.2) is 0 Å². The zero-order valence-corrected chi connectivity index (χ0v) is 10.9. The van der Waals surface area contributed by atoms with Gasteiger partial charge in [0, 0.05) is 30.7 Å². The van der Waals surface area contributed by atoms with Gasteiger partial charge in [0.05, 0.1) is 13.2 Å². The van der Waals surface area contributed by atoms with Crippen molar-refractivity contribution >= 4 is 15.9 Å². The van der Waals surface area contributed by atoms with Crippen LogP contribution in [0.15, 0.2) is 22.7 Å². The van der Waals surface area contributed by atoms with Crippen molar-refractivity contribution in [1.29, 1.82) is 0 Å². The van der Waals surface area contributed by atoms with E-state index < -0.39 is 0 Å². The zero-order valence-electron chi connectivity index (χ0n) is 9.29. The third kappa shape index (κ3) is 3.04. The lowest BCUT2D eigenvalue weighted by Gasteiger charge is -2.27. The molecular weight excluding hydrogens is 268 g/mol. The molecule has 2 rings (SSSR count). The maximum Gasteiger partial charge on any atom is 0.0594 e. The van der Waals surface area contributed by atoms with Crippen LogP contribution in [-0.4, -0.2) is 31.2 Å². The van der Waals surface area contributed by atoms with Crippen molar-refractivity contribution in [2.45, 2.75) is 13.1 Å². The second-order valence-electron chi connectivity index (χ2n) is 4.02. The summed E-state index contributed by atoms with van der Waals surface area (Å²) in [4.78, 5) is 2.41. The number of hydrogen-bond acceptors (Lipinski definition) is 3. The number of benzene rings is 1. The zero-order chi connectivity index (χ0) is 11.4. The van der Waals surface area contributed by atoms with Crippen molar-refractivity contribution in [2.24, 2.45) is 5.73 Å². The summed E-state index contributed by atoms with van der Waals surface area (Å²) in [7, 11) is 0. The fraction of sp³-hybridized carbons (Fsp3) is 0.500. The maximum absolute atomic E-state index is 5.61. The third-order valence-corrected chi connectivity index (χ3v) is 3.59. The standard InChI is InChI=1S/C12H17BrN2O/c13-12-7-10(8-14)1-2-11(12)9-15-3-5-16-6-4-15/h1-2,7H,3-6,8-9,14H2. The summed E-state index contributed by atoms with van der Waals surface area (Å²) in [5, 5.41) is 0. The average Bonchev–Trinajstić information content (AvgIpc) is 2.33. The highest BCUT2D eigenvalue weighted by molar-refractivity contribution is 9.10. The van der Waals surface area contributed by atoms with Gasteiger partial charge in [0.25, 0.3) is 0 Å². The first-order chi connectivity index (χ1) is 7.79. The first-order valence-electron chi connectivity index (χ1n) is 5.57. The lowest BCUT2D eigenvalue weighted by molar-refractivity contribution is 0.0341. The lowest BCUT2D eigenvalue weighted by atomic mass is 10.1. The first-order valence-corrected chi connectivity index (χ1v) is 6.36. The molecule has 0 spiro atoms. The van der Waals surface area contributed by atoms with Crippen molar-refractivity contribution in [3.63, 3.8) is 0 Å². The summed E-state index contributed by atoms with van der Waals surface area (Å²) >= 11 is 3.60. The number of rotatable bonds is 3. The van der Waals surface area contributed by atoms with Gasteiger partial charge in [0.1, 0.15) is 0 Å². The van der Waals surface area contributed by atoms with E-state index in [9.17, 15) is 0 Å². The van der Waals surface area contributed by atoms with E-state index in [0.717, 1.165) is 42.9 Å². The molecule has 1 aromatic rings. The highest BCUT2D eigenvalue weighted by Crippen LogP contribution is 2.20. The number of ether oxygens (including phenoxy) is 1. The summed E-state index contributed by atoms with van der Waals surface area (Å²) in [6.45, 7) is 5.30. The highest BCUT2D eigenvalue weighted by Gasteiger charge is 2.12. The van der Waals surface area contributed by atoms with Gasteiger partial charge in [-0.2, -0.15) is 0 Å². The number of hydrogen-bond donors (Lipinski definition) is 1. The SMILES string of the molecule is NCc1ccc(CN2CCOCC2)c(Br)c1. The minimum Gasteiger partial charge on any atom is -0.379 e. The molecule has 4 heteroatoms. The van der Waals surface area contributed by atoms with E-state index >= 15 is 0 Å². The van der Waals surface area contributed by atoms with Crippen molar-refractivity contribution < 1.29 is 4.74 Å². The molecule has 1 heterocycles. The van der Waals surface area contributed by atoms with Crippen molar-refractivity contribution in [1.82, 2.24) is 4.90 Å². The molecule has 0 saturated carbocycles. The second kappa shape index (κ2) is 5.77. The molecule has 0 amide bonds. The molecule has 0 bridgehead atoms. The quantitative estimate of drug-likeness (QED) is 0.919. The van der Waals surface area contributed by atoms with Gasteiger partial charge in [-0.3, -0.25) is 4.90 Å². The smallest absolute Gasteiger partial charge is 0.0594 e. The fourth-order valence-corrected chi connectivity index (χ4v) is 2.40. The molecule has 0 aromatic heterocycles. The normalized spacial score (nSPS) is 17.6. The van der Waals surface area contributed by atoms with Crippen LogP contribution in [0.5, 0.6) is 0 Å². The molecule has 88 valence electrons. The molecule has 1 saturated heterocycles. The molecule has 2 N–H and O–H groups in total. The topological polar surface area (TPSA) is 38.5 Å². The molecule has 0 atom stereocenters. The van der Waals surface area contributed by atoms with E-state index in [0.29, 0.717) is 6.54 Å². The Hall–Kier alpha value is -0.420. The summed E-state index contributed by atoms with van der Waals surface area (Å²) in [6.07, 6.45) is 0. The van der Waals surface area contributed by atoms with Gasteiger partial charge >= 0.3 is 0 Å². The Kier molecular flexibility index (Phi) is 4.35. The number of nitrogens with two attached hydrogens (primary N) is 1. The van der Waals surface area contributed by atoms with Crippen LogP contribution in [0.1, 0.15) is 11.1 Å². The van der Waals surface area contributed by atoms with Crippen LogP contribution in [0.2, 0.25) is 0 Å². The second-order valence-corrected chi connectivity index (χ2v) is 4.87. The van der Waals surface area contributed by atoms with Gasteiger partial charge in [0.2, 0.25) is 0 Å². The Labute approximate surface area is 105 Å². The molecule has 0 unspecified atom stereocenters. The number of halogens is 1. The fourth-order valence-electron chi connectivity index (χ4n) is 1.85. The minimum absolute atomic E-state index is 0.594. The largest absolute Gasteiger partial charge is 0.379 e. The van der Waals surface area contributed by atoms with Crippen LogP contribution in [0.25, 0.3) is 0 Å². The lowest BCUT2D eigenvalue weighted by Crippen LogP contribution is -2.35. The van der Waals surface area contributed by atoms with E-state index in [2.05, 4.69) is 39.0 Å². The maximum atomic E-state index is 5.61. The summed E-state index contributed by atoms with van der Waals surface area (Å²) < 4.78 is 6.49. The van der Waals surface area contributed by atoms with Gasteiger partial charge in [-0.15, -0.1) is 0 Å². The molecular formula is C12H17BrN2O. The minimum atomic E-state index is 0.594. The van der Waals surface area contributed by atoms with Crippen LogP contribution in [0.4, 0.5) is 0 Å². The predicted molar refractivity (Wildman–Crippen MR) is 68.1 cm³/mol. The summed E-state index contributed by atoms with van der Waals surface area (Å²) in [6, 6.07) is 6.36. The molecule has 1 aliphatic rings. The molecule has 1 aliphatic heterocycles. The van der Waals surface area contributed by atoms with Gasteiger partial charge in [0.15, 0.2) is 0 Å². The molecule has 16 heavy (non-hydrogen) atoms. The Morgan fingerprint density at radius 2 is 2.06 bits per heavy atom. The van der Waals surface area contributed by atoms with Crippen LogP contribution < -0.4 is 5.73 Å². The Morgan fingerprint density at radius 1 is 1.31 bits per heavy atom. The first kappa shape index (κ1) is 12.0. The number of nitrogens with zero attached hydrogens (tertiary/aromatic N) is 1. The van der Waals surface area contributed by atoms with Gasteiger partial charge < -0.3 is 10.5 Å².